The van der Waals surface area contributed by atoms with Crippen LogP contribution in [0.25, 0.3) is 0 Å². The molecule has 1 aromatic rings. The Bertz CT molecular complexity index is 224. The second-order valence-corrected chi connectivity index (χ2v) is 3.01. The lowest BCUT2D eigenvalue weighted by atomic mass is 10.2. The first-order chi connectivity index (χ1) is 5.24. The third-order valence-electron chi connectivity index (χ3n) is 1.42. The average molecular weight is 217 g/mol. The highest BCUT2D eigenvalue weighted by Crippen LogP contribution is 2.15. The zero-order valence-corrected chi connectivity index (χ0v) is 7.71. The number of aromatic nitrogens is 1. The summed E-state index contributed by atoms with van der Waals surface area (Å²) in [7, 11) is 0. The summed E-state index contributed by atoms with van der Waals surface area (Å²) in [6, 6.07) is 3.76. The van der Waals surface area contributed by atoms with E-state index in [1.54, 1.807) is 6.20 Å². The maximum atomic E-state index is 5.00. The lowest BCUT2D eigenvalue weighted by Gasteiger charge is -2.07. The van der Waals surface area contributed by atoms with Crippen LogP contribution in [-0.2, 0) is 4.84 Å². The summed E-state index contributed by atoms with van der Waals surface area (Å²) in [5, 5.41) is 0. The number of halogens is 1. The van der Waals surface area contributed by atoms with Crippen molar-refractivity contribution in [1.29, 1.82) is 0 Å². The van der Waals surface area contributed by atoms with Crippen LogP contribution in [0.5, 0.6) is 0 Å². The summed E-state index contributed by atoms with van der Waals surface area (Å²) in [5.41, 5.74) is 0.968. The van der Waals surface area contributed by atoms with E-state index < -0.39 is 0 Å². The number of rotatable bonds is 2. The van der Waals surface area contributed by atoms with Crippen molar-refractivity contribution >= 4 is 15.9 Å². The van der Waals surface area contributed by atoms with Gasteiger partial charge in [-0.05, 0) is 28.9 Å². The molecule has 60 valence electrons. The summed E-state index contributed by atoms with van der Waals surface area (Å²) < 4.78 is 0.811. The van der Waals surface area contributed by atoms with E-state index in [2.05, 4.69) is 25.8 Å². The molecule has 3 nitrogen and oxygen atoms in total. The Morgan fingerprint density at radius 2 is 2.36 bits per heavy atom. The van der Waals surface area contributed by atoms with Gasteiger partial charge in [-0.1, -0.05) is 6.07 Å². The second kappa shape index (κ2) is 3.80. The smallest absolute Gasteiger partial charge is 0.106 e. The van der Waals surface area contributed by atoms with Gasteiger partial charge in [0.2, 0.25) is 0 Å². The zero-order valence-electron chi connectivity index (χ0n) is 6.12. The van der Waals surface area contributed by atoms with Crippen LogP contribution in [0, 0.1) is 0 Å². The van der Waals surface area contributed by atoms with Crippen molar-refractivity contribution < 1.29 is 4.84 Å². The predicted molar refractivity (Wildman–Crippen MR) is 45.6 cm³/mol. The van der Waals surface area contributed by atoms with Crippen LogP contribution >= 0.6 is 15.9 Å². The van der Waals surface area contributed by atoms with Gasteiger partial charge in [0, 0.05) is 11.8 Å². The van der Waals surface area contributed by atoms with Gasteiger partial charge in [0.05, 0.1) is 0 Å². The molecule has 0 aliphatic carbocycles. The van der Waals surface area contributed by atoms with E-state index in [0.717, 1.165) is 10.2 Å². The SMILES string of the molecule is CC(ON)c1ccc(Br)nc1. The number of pyridine rings is 1. The van der Waals surface area contributed by atoms with Crippen LogP contribution in [0.3, 0.4) is 0 Å². The molecular formula is C7H9BrN2O. The van der Waals surface area contributed by atoms with Crippen molar-refractivity contribution in [2.45, 2.75) is 13.0 Å². The quantitative estimate of drug-likeness (QED) is 0.606. The Morgan fingerprint density at radius 1 is 1.64 bits per heavy atom. The second-order valence-electron chi connectivity index (χ2n) is 2.19. The fraction of sp³-hybridized carbons (Fsp3) is 0.286. The Balaban J connectivity index is 2.81. The van der Waals surface area contributed by atoms with E-state index in [9.17, 15) is 0 Å². The van der Waals surface area contributed by atoms with E-state index >= 15 is 0 Å². The molecule has 0 spiro atoms. The Morgan fingerprint density at radius 3 is 2.82 bits per heavy atom. The molecule has 1 aromatic heterocycles. The monoisotopic (exact) mass is 216 g/mol. The van der Waals surface area contributed by atoms with Crippen LogP contribution in [0.15, 0.2) is 22.9 Å². The fourth-order valence-electron chi connectivity index (χ4n) is 0.706. The highest BCUT2D eigenvalue weighted by Gasteiger charge is 2.03. The molecule has 0 aromatic carbocycles. The molecule has 2 N–H and O–H groups in total. The van der Waals surface area contributed by atoms with Crippen LogP contribution in [-0.4, -0.2) is 4.98 Å². The first-order valence-electron chi connectivity index (χ1n) is 3.21. The topological polar surface area (TPSA) is 48.1 Å². The number of nitrogens with zero attached hydrogens (tertiary/aromatic N) is 1. The van der Waals surface area contributed by atoms with Crippen molar-refractivity contribution in [3.8, 4) is 0 Å². The van der Waals surface area contributed by atoms with Crippen molar-refractivity contribution in [3.63, 3.8) is 0 Å². The third kappa shape index (κ3) is 2.25. The minimum Gasteiger partial charge on any atom is -0.297 e. The Kier molecular flexibility index (Phi) is 2.99. The van der Waals surface area contributed by atoms with E-state index in [4.69, 9.17) is 5.90 Å². The molecule has 1 unspecified atom stereocenters. The molecule has 1 heterocycles. The molecule has 1 atom stereocenters. The highest BCUT2D eigenvalue weighted by atomic mass is 79.9. The molecule has 0 fully saturated rings. The fourth-order valence-corrected chi connectivity index (χ4v) is 0.941. The van der Waals surface area contributed by atoms with Gasteiger partial charge in [0.1, 0.15) is 10.7 Å². The molecule has 0 aliphatic rings. The molecule has 0 aliphatic heterocycles. The summed E-state index contributed by atoms with van der Waals surface area (Å²) >= 11 is 3.23. The summed E-state index contributed by atoms with van der Waals surface area (Å²) in [5.74, 6) is 5.00. The molecule has 0 amide bonds. The molecule has 0 saturated carbocycles. The van der Waals surface area contributed by atoms with Crippen molar-refractivity contribution in [1.82, 2.24) is 4.98 Å². The van der Waals surface area contributed by atoms with Crippen molar-refractivity contribution in [2.24, 2.45) is 5.90 Å². The van der Waals surface area contributed by atoms with Crippen molar-refractivity contribution in [2.75, 3.05) is 0 Å². The number of hydrogen-bond donors (Lipinski definition) is 1. The van der Waals surface area contributed by atoms with Crippen LogP contribution < -0.4 is 5.90 Å². The summed E-state index contributed by atoms with van der Waals surface area (Å²) in [6.07, 6.45) is 1.62. The summed E-state index contributed by atoms with van der Waals surface area (Å²) in [4.78, 5) is 8.65. The standard InChI is InChI=1S/C7H9BrN2O/c1-5(11-9)6-2-3-7(8)10-4-6/h2-5H,9H2,1H3. The van der Waals surface area contributed by atoms with Gasteiger partial charge in [0.25, 0.3) is 0 Å². The zero-order chi connectivity index (χ0) is 8.27. The predicted octanol–water partition coefficient (Wildman–Crippen LogP) is 1.80. The minimum atomic E-state index is -0.101. The van der Waals surface area contributed by atoms with Crippen LogP contribution in [0.4, 0.5) is 0 Å². The van der Waals surface area contributed by atoms with Gasteiger partial charge in [-0.15, -0.1) is 0 Å². The first kappa shape index (κ1) is 8.64. The van der Waals surface area contributed by atoms with Gasteiger partial charge in [-0.2, -0.15) is 0 Å². The van der Waals surface area contributed by atoms with E-state index in [0.29, 0.717) is 0 Å². The van der Waals surface area contributed by atoms with Crippen LogP contribution in [0.1, 0.15) is 18.6 Å². The first-order valence-corrected chi connectivity index (χ1v) is 4.00. The van der Waals surface area contributed by atoms with E-state index in [1.807, 2.05) is 19.1 Å². The average Bonchev–Trinajstić information content (AvgIpc) is 2.05. The van der Waals surface area contributed by atoms with E-state index in [1.165, 1.54) is 0 Å². The van der Waals surface area contributed by atoms with Gasteiger partial charge >= 0.3 is 0 Å². The lowest BCUT2D eigenvalue weighted by Crippen LogP contribution is -2.05. The third-order valence-corrected chi connectivity index (χ3v) is 1.89. The van der Waals surface area contributed by atoms with Gasteiger partial charge in [-0.25, -0.2) is 10.9 Å². The normalized spacial score (nSPS) is 13.0. The molecular weight excluding hydrogens is 208 g/mol. The maximum absolute atomic E-state index is 5.00. The Hall–Kier alpha value is -0.450. The molecule has 0 bridgehead atoms. The molecule has 0 radical (unpaired) electrons. The van der Waals surface area contributed by atoms with Crippen LogP contribution in [0.2, 0.25) is 0 Å². The van der Waals surface area contributed by atoms with Gasteiger partial charge in [-0.3, -0.25) is 4.84 Å². The van der Waals surface area contributed by atoms with Crippen molar-refractivity contribution in [3.05, 3.63) is 28.5 Å². The molecule has 0 saturated heterocycles. The number of hydrogen-bond acceptors (Lipinski definition) is 3. The molecule has 1 rings (SSSR count). The van der Waals surface area contributed by atoms with Gasteiger partial charge in [0.15, 0.2) is 0 Å². The number of nitrogens with two attached hydrogens (primary N) is 1. The summed E-state index contributed by atoms with van der Waals surface area (Å²) in [6.45, 7) is 1.87. The largest absolute Gasteiger partial charge is 0.297 e. The lowest BCUT2D eigenvalue weighted by molar-refractivity contribution is 0.0661. The highest BCUT2D eigenvalue weighted by molar-refractivity contribution is 9.10. The Labute approximate surface area is 73.7 Å². The maximum Gasteiger partial charge on any atom is 0.106 e. The minimum absolute atomic E-state index is 0.101. The molecule has 4 heteroatoms. The van der Waals surface area contributed by atoms with Gasteiger partial charge < -0.3 is 0 Å². The van der Waals surface area contributed by atoms with E-state index in [-0.39, 0.29) is 6.10 Å². The molecule has 11 heavy (non-hydrogen) atoms.